The minimum atomic E-state index is -0.396. The van der Waals surface area contributed by atoms with Crippen molar-refractivity contribution in [3.8, 4) is 11.5 Å². The minimum Gasteiger partial charge on any atom is -0.494 e. The Morgan fingerprint density at radius 1 is 0.571 bits per heavy atom. The van der Waals surface area contributed by atoms with Crippen LogP contribution in [-0.2, 0) is 19.2 Å². The summed E-state index contributed by atoms with van der Waals surface area (Å²) >= 11 is 0. The summed E-state index contributed by atoms with van der Waals surface area (Å²) < 4.78 is 11.6. The van der Waals surface area contributed by atoms with E-state index in [0.717, 1.165) is 54.7 Å². The average Bonchev–Trinajstić information content (AvgIpc) is 3.37. The Kier molecular flexibility index (Phi) is 8.13. The predicted molar refractivity (Wildman–Crippen MR) is 128 cm³/mol. The van der Waals surface area contributed by atoms with Crippen molar-refractivity contribution < 1.29 is 28.7 Å². The van der Waals surface area contributed by atoms with E-state index in [1.54, 1.807) is 0 Å². The van der Waals surface area contributed by atoms with Crippen LogP contribution in [0.5, 0.6) is 11.5 Å². The summed E-state index contributed by atoms with van der Waals surface area (Å²) in [4.78, 5) is 46.2. The van der Waals surface area contributed by atoms with Gasteiger partial charge in [0.25, 0.3) is 0 Å². The topological polar surface area (TPSA) is 111 Å². The summed E-state index contributed by atoms with van der Waals surface area (Å²) in [6.07, 6.45) is 5.57. The largest absolute Gasteiger partial charge is 0.494 e. The van der Waals surface area contributed by atoms with Crippen LogP contribution in [0.1, 0.15) is 67.9 Å². The van der Waals surface area contributed by atoms with Crippen LogP contribution in [0.4, 0.5) is 0 Å². The van der Waals surface area contributed by atoms with Gasteiger partial charge >= 0.3 is 0 Å². The number of hydrogen-bond donors (Lipinski definition) is 2. The molecule has 184 valence electrons. The van der Waals surface area contributed by atoms with E-state index < -0.39 is 11.8 Å². The normalized spacial score (nSPS) is 19.5. The van der Waals surface area contributed by atoms with Gasteiger partial charge < -0.3 is 9.47 Å². The van der Waals surface area contributed by atoms with Gasteiger partial charge in [-0.1, -0.05) is 43.5 Å². The highest BCUT2D eigenvalue weighted by atomic mass is 16.5. The fourth-order valence-electron chi connectivity index (χ4n) is 4.35. The maximum absolute atomic E-state index is 11.8. The zero-order valence-electron chi connectivity index (χ0n) is 19.6. The lowest BCUT2D eigenvalue weighted by atomic mass is 9.98. The molecule has 0 bridgehead atoms. The third-order valence-corrected chi connectivity index (χ3v) is 6.33. The van der Waals surface area contributed by atoms with Gasteiger partial charge in [-0.3, -0.25) is 29.8 Å². The first-order valence-corrected chi connectivity index (χ1v) is 12.1. The van der Waals surface area contributed by atoms with Gasteiger partial charge in [0.15, 0.2) is 0 Å². The van der Waals surface area contributed by atoms with E-state index in [-0.39, 0.29) is 36.5 Å². The third-order valence-electron chi connectivity index (χ3n) is 6.33. The zero-order chi connectivity index (χ0) is 24.6. The molecule has 0 spiro atoms. The molecule has 4 amide bonds. The lowest BCUT2D eigenvalue weighted by molar-refractivity contribution is -0.126. The van der Waals surface area contributed by atoms with Gasteiger partial charge in [-0.05, 0) is 48.2 Å². The van der Waals surface area contributed by atoms with Crippen LogP contribution in [0.15, 0.2) is 48.5 Å². The summed E-state index contributed by atoms with van der Waals surface area (Å²) in [7, 11) is 0. The molecule has 2 fully saturated rings. The van der Waals surface area contributed by atoms with Crippen molar-refractivity contribution in [2.24, 2.45) is 0 Å². The molecule has 0 radical (unpaired) electrons. The molecule has 0 unspecified atom stereocenters. The predicted octanol–water partition coefficient (Wildman–Crippen LogP) is 3.36. The summed E-state index contributed by atoms with van der Waals surface area (Å²) in [6.45, 7) is 1.27. The fraction of sp³-hybridized carbons (Fsp3) is 0.407. The van der Waals surface area contributed by atoms with Crippen molar-refractivity contribution in [1.82, 2.24) is 10.6 Å². The van der Waals surface area contributed by atoms with Gasteiger partial charge in [0.2, 0.25) is 23.6 Å². The Morgan fingerprint density at radius 3 is 1.29 bits per heavy atom. The quantitative estimate of drug-likeness (QED) is 0.358. The highest BCUT2D eigenvalue weighted by Crippen LogP contribution is 2.27. The number of imide groups is 2. The van der Waals surface area contributed by atoms with Crippen molar-refractivity contribution in [3.05, 3.63) is 59.7 Å². The summed E-state index contributed by atoms with van der Waals surface area (Å²) in [5.41, 5.74) is 1.66. The highest BCUT2D eigenvalue weighted by Gasteiger charge is 2.32. The molecule has 0 aliphatic carbocycles. The van der Waals surface area contributed by atoms with Crippen LogP contribution in [0, 0.1) is 0 Å². The molecule has 2 heterocycles. The van der Waals surface area contributed by atoms with Gasteiger partial charge in [-0.2, -0.15) is 0 Å². The van der Waals surface area contributed by atoms with Gasteiger partial charge in [-0.25, -0.2) is 0 Å². The smallest absolute Gasteiger partial charge is 0.234 e. The molecule has 0 saturated carbocycles. The molecule has 4 rings (SSSR count). The van der Waals surface area contributed by atoms with Crippen molar-refractivity contribution in [1.29, 1.82) is 0 Å². The van der Waals surface area contributed by atoms with Crippen LogP contribution < -0.4 is 20.1 Å². The molecule has 8 nitrogen and oxygen atoms in total. The molecule has 0 aromatic heterocycles. The van der Waals surface area contributed by atoms with Gasteiger partial charge in [0.1, 0.15) is 11.5 Å². The van der Waals surface area contributed by atoms with Crippen LogP contribution in [0.3, 0.4) is 0 Å². The molecule has 8 heteroatoms. The molecule has 2 aliphatic heterocycles. The molecule has 2 atom stereocenters. The number of hydrogen-bond acceptors (Lipinski definition) is 6. The molecule has 2 aromatic carbocycles. The standard InChI is InChI=1S/C27H30N2O6/c30-24-16-22(26(32)28-24)18-6-10-20(11-7-18)34-14-4-2-1-3-5-15-35-21-12-8-19(9-13-21)23-17-25(31)29-27(23)33/h6-13,22-23H,1-5,14-17H2,(H,28,30,32)(H,29,31,33)/t22-,23-/m1/s1. The summed E-state index contributed by atoms with van der Waals surface area (Å²) in [6, 6.07) is 14.8. The SMILES string of the molecule is O=C1C[C@H](c2ccc(OCCCCCCCOc3ccc([C@H]4CC(=O)NC4=O)cc3)cc2)C(=O)N1. The van der Waals surface area contributed by atoms with E-state index in [1.807, 2.05) is 48.5 Å². The van der Waals surface area contributed by atoms with Gasteiger partial charge in [0, 0.05) is 12.8 Å². The van der Waals surface area contributed by atoms with Crippen LogP contribution in [-0.4, -0.2) is 36.8 Å². The van der Waals surface area contributed by atoms with Crippen molar-refractivity contribution in [3.63, 3.8) is 0 Å². The second kappa shape index (κ2) is 11.6. The monoisotopic (exact) mass is 478 g/mol. The lowest BCUT2D eigenvalue weighted by Crippen LogP contribution is -2.21. The number of ether oxygens (including phenoxy) is 2. The summed E-state index contributed by atoms with van der Waals surface area (Å²) in [5.74, 6) is -0.191. The first-order valence-electron chi connectivity index (χ1n) is 12.1. The first-order chi connectivity index (χ1) is 17.0. The lowest BCUT2D eigenvalue weighted by Gasteiger charge is -2.10. The molecule has 2 aliphatic rings. The molecule has 2 saturated heterocycles. The number of carbonyl (C=O) groups excluding carboxylic acids is 4. The van der Waals surface area contributed by atoms with Crippen LogP contribution >= 0.6 is 0 Å². The Hall–Kier alpha value is -3.68. The van der Waals surface area contributed by atoms with Gasteiger partial charge in [0.05, 0.1) is 25.0 Å². The third kappa shape index (κ3) is 6.68. The second-order valence-corrected chi connectivity index (χ2v) is 8.94. The number of unbranched alkanes of at least 4 members (excludes halogenated alkanes) is 4. The fourth-order valence-corrected chi connectivity index (χ4v) is 4.35. The molecule has 2 N–H and O–H groups in total. The van der Waals surface area contributed by atoms with Crippen LogP contribution in [0.25, 0.3) is 0 Å². The Labute approximate surface area is 204 Å². The first kappa shape index (κ1) is 24.4. The van der Waals surface area contributed by atoms with Crippen molar-refractivity contribution in [2.75, 3.05) is 13.2 Å². The van der Waals surface area contributed by atoms with Crippen molar-refractivity contribution >= 4 is 23.6 Å². The average molecular weight is 479 g/mol. The zero-order valence-corrected chi connectivity index (χ0v) is 19.6. The van der Waals surface area contributed by atoms with E-state index in [2.05, 4.69) is 10.6 Å². The molecule has 2 aromatic rings. The van der Waals surface area contributed by atoms with E-state index in [1.165, 1.54) is 0 Å². The minimum absolute atomic E-state index is 0.208. The number of carbonyl (C=O) groups is 4. The second-order valence-electron chi connectivity index (χ2n) is 8.94. The Balaban J connectivity index is 1.04. The molecule has 35 heavy (non-hydrogen) atoms. The number of amides is 4. The maximum atomic E-state index is 11.8. The number of nitrogens with one attached hydrogen (secondary N) is 2. The Bertz CT molecular complexity index is 979. The van der Waals surface area contributed by atoms with Gasteiger partial charge in [-0.15, -0.1) is 0 Å². The van der Waals surface area contributed by atoms with Crippen LogP contribution in [0.2, 0.25) is 0 Å². The maximum Gasteiger partial charge on any atom is 0.234 e. The van der Waals surface area contributed by atoms with E-state index in [4.69, 9.17) is 9.47 Å². The van der Waals surface area contributed by atoms with E-state index >= 15 is 0 Å². The highest BCUT2D eigenvalue weighted by molar-refractivity contribution is 6.06. The van der Waals surface area contributed by atoms with E-state index in [0.29, 0.717) is 13.2 Å². The van der Waals surface area contributed by atoms with E-state index in [9.17, 15) is 19.2 Å². The number of rotatable bonds is 12. The molecular weight excluding hydrogens is 448 g/mol. The number of benzene rings is 2. The Morgan fingerprint density at radius 2 is 0.943 bits per heavy atom. The molecular formula is C27H30N2O6. The van der Waals surface area contributed by atoms with Crippen molar-refractivity contribution in [2.45, 2.75) is 56.8 Å². The summed E-state index contributed by atoms with van der Waals surface area (Å²) in [5, 5.41) is 4.66.